The number of nitrogens with two attached hydrogens (primary N) is 1. The third kappa shape index (κ3) is 3.73. The van der Waals surface area contributed by atoms with Crippen LogP contribution in [0.3, 0.4) is 0 Å². The normalized spacial score (nSPS) is 23.5. The molecule has 3 unspecified atom stereocenters. The lowest BCUT2D eigenvalue weighted by molar-refractivity contribution is -0.0106. The van der Waals surface area contributed by atoms with E-state index < -0.39 is 0 Å². The Kier molecular flexibility index (Phi) is 5.85. The van der Waals surface area contributed by atoms with Gasteiger partial charge in [0.15, 0.2) is 0 Å². The number of benzene rings is 1. The van der Waals surface area contributed by atoms with Gasteiger partial charge in [0.1, 0.15) is 0 Å². The summed E-state index contributed by atoms with van der Waals surface area (Å²) in [6.07, 6.45) is 2.61. The third-order valence-electron chi connectivity index (χ3n) is 3.93. The van der Waals surface area contributed by atoms with Crippen molar-refractivity contribution in [3.8, 4) is 0 Å². The summed E-state index contributed by atoms with van der Waals surface area (Å²) in [6, 6.07) is 8.21. The van der Waals surface area contributed by atoms with E-state index in [0.717, 1.165) is 43.1 Å². The van der Waals surface area contributed by atoms with Gasteiger partial charge in [-0.1, -0.05) is 29.8 Å². The molecule has 1 aliphatic rings. The van der Waals surface area contributed by atoms with E-state index in [-0.39, 0.29) is 12.1 Å². The Morgan fingerprint density at radius 2 is 2.20 bits per heavy atom. The van der Waals surface area contributed by atoms with Gasteiger partial charge in [-0.3, -0.25) is 4.90 Å². The summed E-state index contributed by atoms with van der Waals surface area (Å²) < 4.78 is 5.79. The maximum atomic E-state index is 6.37. The molecule has 0 aromatic heterocycles. The molecule has 0 saturated carbocycles. The van der Waals surface area contributed by atoms with Crippen molar-refractivity contribution < 1.29 is 4.74 Å². The molecular weight excluding hydrogens is 272 g/mol. The number of likely N-dealkylation sites (tertiary alicyclic amines) is 1. The van der Waals surface area contributed by atoms with E-state index in [4.69, 9.17) is 22.1 Å². The van der Waals surface area contributed by atoms with Gasteiger partial charge in [0.05, 0.1) is 12.1 Å². The SMILES string of the molecule is CCOC1CCCN(C(c2ccccc2Cl)C(C)N)C1. The Morgan fingerprint density at radius 1 is 1.45 bits per heavy atom. The van der Waals surface area contributed by atoms with Crippen molar-refractivity contribution in [1.29, 1.82) is 0 Å². The molecule has 1 heterocycles. The minimum Gasteiger partial charge on any atom is -0.377 e. The summed E-state index contributed by atoms with van der Waals surface area (Å²) in [7, 11) is 0. The maximum absolute atomic E-state index is 6.37. The van der Waals surface area contributed by atoms with E-state index in [1.165, 1.54) is 0 Å². The minimum atomic E-state index is 0.0373. The van der Waals surface area contributed by atoms with Crippen molar-refractivity contribution in [3.63, 3.8) is 0 Å². The van der Waals surface area contributed by atoms with Crippen molar-refractivity contribution >= 4 is 11.6 Å². The Morgan fingerprint density at radius 3 is 2.85 bits per heavy atom. The first-order chi connectivity index (χ1) is 9.63. The van der Waals surface area contributed by atoms with Crippen LogP contribution in [0.15, 0.2) is 24.3 Å². The molecule has 2 N–H and O–H groups in total. The molecule has 3 nitrogen and oxygen atoms in total. The number of ether oxygens (including phenoxy) is 1. The number of piperidine rings is 1. The van der Waals surface area contributed by atoms with Gasteiger partial charge in [0.25, 0.3) is 0 Å². The zero-order valence-corrected chi connectivity index (χ0v) is 13.1. The van der Waals surface area contributed by atoms with E-state index in [1.807, 2.05) is 18.2 Å². The molecule has 1 saturated heterocycles. The Labute approximate surface area is 127 Å². The van der Waals surface area contributed by atoms with E-state index in [1.54, 1.807) is 0 Å². The maximum Gasteiger partial charge on any atom is 0.0702 e. The molecule has 1 fully saturated rings. The molecule has 4 heteroatoms. The lowest BCUT2D eigenvalue weighted by atomic mass is 9.96. The Hall–Kier alpha value is -0.610. The number of hydrogen-bond acceptors (Lipinski definition) is 3. The fraction of sp³-hybridized carbons (Fsp3) is 0.625. The smallest absolute Gasteiger partial charge is 0.0702 e. The van der Waals surface area contributed by atoms with Gasteiger partial charge < -0.3 is 10.5 Å². The van der Waals surface area contributed by atoms with Crippen molar-refractivity contribution in [3.05, 3.63) is 34.9 Å². The van der Waals surface area contributed by atoms with Crippen LogP contribution in [0.5, 0.6) is 0 Å². The van der Waals surface area contributed by atoms with E-state index in [9.17, 15) is 0 Å². The Bertz CT molecular complexity index is 423. The molecule has 112 valence electrons. The first kappa shape index (κ1) is 15.8. The van der Waals surface area contributed by atoms with Crippen LogP contribution in [-0.4, -0.2) is 36.7 Å². The monoisotopic (exact) mass is 296 g/mol. The van der Waals surface area contributed by atoms with Crippen LogP contribution >= 0.6 is 11.6 Å². The summed E-state index contributed by atoms with van der Waals surface area (Å²) >= 11 is 6.37. The summed E-state index contributed by atoms with van der Waals surface area (Å²) in [5.74, 6) is 0. The van der Waals surface area contributed by atoms with Crippen LogP contribution in [0.25, 0.3) is 0 Å². The molecular formula is C16H25ClN2O. The first-order valence-corrected chi connectivity index (χ1v) is 7.87. The number of nitrogens with zero attached hydrogens (tertiary/aromatic N) is 1. The zero-order valence-electron chi connectivity index (χ0n) is 12.4. The molecule has 1 aromatic carbocycles. The second kappa shape index (κ2) is 7.41. The third-order valence-corrected chi connectivity index (χ3v) is 4.27. The Balaban J connectivity index is 2.18. The van der Waals surface area contributed by atoms with Crippen LogP contribution in [-0.2, 0) is 4.74 Å². The van der Waals surface area contributed by atoms with Crippen LogP contribution in [0, 0.1) is 0 Å². The number of halogens is 1. The minimum absolute atomic E-state index is 0.0373. The average molecular weight is 297 g/mol. The zero-order chi connectivity index (χ0) is 14.5. The van der Waals surface area contributed by atoms with Gasteiger partial charge in [0.2, 0.25) is 0 Å². The lowest BCUT2D eigenvalue weighted by Crippen LogP contribution is -2.47. The summed E-state index contributed by atoms with van der Waals surface area (Å²) in [6.45, 7) is 6.87. The molecule has 1 aliphatic heterocycles. The fourth-order valence-electron chi connectivity index (χ4n) is 3.12. The highest BCUT2D eigenvalue weighted by molar-refractivity contribution is 6.31. The van der Waals surface area contributed by atoms with Crippen molar-refractivity contribution in [2.24, 2.45) is 5.73 Å². The van der Waals surface area contributed by atoms with Crippen LogP contribution in [0.2, 0.25) is 5.02 Å². The topological polar surface area (TPSA) is 38.5 Å². The molecule has 0 radical (unpaired) electrons. The standard InChI is InChI=1S/C16H25ClN2O/c1-3-20-13-7-6-10-19(11-13)16(12(2)18)14-8-4-5-9-15(14)17/h4-5,8-9,12-13,16H,3,6-7,10-11,18H2,1-2H3. The molecule has 2 rings (SSSR count). The molecule has 0 aliphatic carbocycles. The van der Waals surface area contributed by atoms with Crippen molar-refractivity contribution in [2.75, 3.05) is 19.7 Å². The number of hydrogen-bond donors (Lipinski definition) is 1. The average Bonchev–Trinajstić information content (AvgIpc) is 2.42. The molecule has 0 amide bonds. The van der Waals surface area contributed by atoms with E-state index >= 15 is 0 Å². The van der Waals surface area contributed by atoms with Crippen LogP contribution < -0.4 is 5.73 Å². The second-order valence-electron chi connectivity index (χ2n) is 5.54. The number of rotatable bonds is 5. The quantitative estimate of drug-likeness (QED) is 0.906. The van der Waals surface area contributed by atoms with E-state index in [2.05, 4.69) is 24.8 Å². The van der Waals surface area contributed by atoms with Crippen molar-refractivity contribution in [2.45, 2.75) is 44.9 Å². The first-order valence-electron chi connectivity index (χ1n) is 7.49. The van der Waals surface area contributed by atoms with E-state index in [0.29, 0.717) is 6.10 Å². The molecule has 20 heavy (non-hydrogen) atoms. The van der Waals surface area contributed by atoms with Gasteiger partial charge in [-0.2, -0.15) is 0 Å². The van der Waals surface area contributed by atoms with Crippen LogP contribution in [0.4, 0.5) is 0 Å². The lowest BCUT2D eigenvalue weighted by Gasteiger charge is -2.40. The van der Waals surface area contributed by atoms with Gasteiger partial charge in [-0.15, -0.1) is 0 Å². The van der Waals surface area contributed by atoms with Crippen molar-refractivity contribution in [1.82, 2.24) is 4.90 Å². The molecule has 0 spiro atoms. The predicted octanol–water partition coefficient (Wildman–Crippen LogP) is 3.23. The largest absolute Gasteiger partial charge is 0.377 e. The highest BCUT2D eigenvalue weighted by Crippen LogP contribution is 2.32. The summed E-state index contributed by atoms with van der Waals surface area (Å²) in [5, 5.41) is 0.799. The molecule has 3 atom stereocenters. The highest BCUT2D eigenvalue weighted by atomic mass is 35.5. The van der Waals surface area contributed by atoms with Gasteiger partial charge in [-0.05, 0) is 44.9 Å². The summed E-state index contributed by atoms with van der Waals surface area (Å²) in [4.78, 5) is 2.43. The molecule has 1 aromatic rings. The van der Waals surface area contributed by atoms with Gasteiger partial charge >= 0.3 is 0 Å². The molecule has 0 bridgehead atoms. The van der Waals surface area contributed by atoms with Gasteiger partial charge in [0, 0.05) is 24.2 Å². The van der Waals surface area contributed by atoms with Gasteiger partial charge in [-0.25, -0.2) is 0 Å². The highest BCUT2D eigenvalue weighted by Gasteiger charge is 2.30. The predicted molar refractivity (Wildman–Crippen MR) is 84.1 cm³/mol. The fourth-order valence-corrected chi connectivity index (χ4v) is 3.37. The second-order valence-corrected chi connectivity index (χ2v) is 5.95. The summed E-state index contributed by atoms with van der Waals surface area (Å²) in [5.41, 5.74) is 7.37. The van der Waals surface area contributed by atoms with Crippen LogP contribution in [0.1, 0.15) is 38.3 Å².